The molecule has 1 aromatic carbocycles. The van der Waals surface area contributed by atoms with Crippen molar-refractivity contribution in [3.8, 4) is 0 Å². The zero-order chi connectivity index (χ0) is 18.5. The lowest BCUT2D eigenvalue weighted by Gasteiger charge is -2.21. The summed E-state index contributed by atoms with van der Waals surface area (Å²) in [5, 5.41) is 2.65. The molecule has 0 saturated carbocycles. The van der Waals surface area contributed by atoms with Crippen LogP contribution in [0.25, 0.3) is 0 Å². The monoisotopic (exact) mass is 353 g/mol. The van der Waals surface area contributed by atoms with Crippen LogP contribution in [-0.2, 0) is 21.5 Å². The van der Waals surface area contributed by atoms with Gasteiger partial charge in [0.1, 0.15) is 18.1 Å². The number of fused-ring (bicyclic) bond motifs is 1. The summed E-state index contributed by atoms with van der Waals surface area (Å²) >= 11 is 0. The van der Waals surface area contributed by atoms with Crippen LogP contribution in [0, 0.1) is 6.92 Å². The van der Waals surface area contributed by atoms with Crippen molar-refractivity contribution in [3.63, 3.8) is 0 Å². The average Bonchev–Trinajstić information content (AvgIpc) is 3.29. The first-order valence-corrected chi connectivity index (χ1v) is 8.49. The van der Waals surface area contributed by atoms with Crippen molar-refractivity contribution in [2.45, 2.75) is 25.8 Å². The second kappa shape index (κ2) is 5.72. The largest absolute Gasteiger partial charge is 0.463 e. The third-order valence-corrected chi connectivity index (χ3v) is 4.99. The highest BCUT2D eigenvalue weighted by molar-refractivity contribution is 6.10. The first-order valence-electron chi connectivity index (χ1n) is 8.49. The van der Waals surface area contributed by atoms with Gasteiger partial charge >= 0.3 is 6.03 Å². The van der Waals surface area contributed by atoms with Gasteiger partial charge in [0.25, 0.3) is 5.91 Å². The Hall–Kier alpha value is -3.09. The van der Waals surface area contributed by atoms with Gasteiger partial charge in [-0.1, -0.05) is 18.2 Å². The molecule has 7 heteroatoms. The van der Waals surface area contributed by atoms with E-state index in [9.17, 15) is 14.4 Å². The van der Waals surface area contributed by atoms with Crippen LogP contribution < -0.4 is 10.2 Å². The van der Waals surface area contributed by atoms with Gasteiger partial charge < -0.3 is 14.6 Å². The SMILES string of the molecule is Cc1ccc([C@]2(C)NC(=O)N(CC(=O)N3CCc4ccccc43)C2=O)o1. The third-order valence-electron chi connectivity index (χ3n) is 4.99. The number of hydrogen-bond donors (Lipinski definition) is 1. The number of amides is 4. The Labute approximate surface area is 150 Å². The highest BCUT2D eigenvalue weighted by Crippen LogP contribution is 2.31. The molecule has 0 bridgehead atoms. The highest BCUT2D eigenvalue weighted by Gasteiger charge is 2.51. The van der Waals surface area contributed by atoms with Gasteiger partial charge in [-0.2, -0.15) is 0 Å². The van der Waals surface area contributed by atoms with Gasteiger partial charge in [0.05, 0.1) is 0 Å². The van der Waals surface area contributed by atoms with Crippen LogP contribution in [0.15, 0.2) is 40.8 Å². The van der Waals surface area contributed by atoms with Gasteiger partial charge in [-0.3, -0.25) is 14.5 Å². The number of nitrogens with one attached hydrogen (secondary N) is 1. The lowest BCUT2D eigenvalue weighted by molar-refractivity contribution is -0.134. The highest BCUT2D eigenvalue weighted by atomic mass is 16.3. The minimum atomic E-state index is -1.30. The van der Waals surface area contributed by atoms with E-state index in [0.717, 1.165) is 22.6 Å². The molecule has 4 rings (SSSR count). The fourth-order valence-corrected chi connectivity index (χ4v) is 3.53. The maximum absolute atomic E-state index is 12.9. The van der Waals surface area contributed by atoms with E-state index in [-0.39, 0.29) is 12.5 Å². The number of imide groups is 1. The second-order valence-electron chi connectivity index (χ2n) is 6.78. The van der Waals surface area contributed by atoms with E-state index in [1.54, 1.807) is 30.9 Å². The zero-order valence-electron chi connectivity index (χ0n) is 14.6. The minimum absolute atomic E-state index is 0.279. The van der Waals surface area contributed by atoms with Crippen molar-refractivity contribution in [2.24, 2.45) is 0 Å². The fourth-order valence-electron chi connectivity index (χ4n) is 3.53. The van der Waals surface area contributed by atoms with Gasteiger partial charge in [-0.05, 0) is 44.0 Å². The van der Waals surface area contributed by atoms with Crippen LogP contribution in [0.4, 0.5) is 10.5 Å². The van der Waals surface area contributed by atoms with Crippen molar-refractivity contribution in [3.05, 3.63) is 53.5 Å². The number of aryl methyl sites for hydroxylation is 1. The standard InChI is InChI=1S/C19H19N3O4/c1-12-7-8-15(26-12)19(2)17(24)22(18(25)20-19)11-16(23)21-10-9-13-5-3-4-6-14(13)21/h3-8H,9-11H2,1-2H3,(H,20,25)/t19-/m0/s1. The third kappa shape index (κ3) is 2.39. The Morgan fingerprint density at radius 2 is 2.00 bits per heavy atom. The Morgan fingerprint density at radius 3 is 2.73 bits per heavy atom. The smallest absolute Gasteiger partial charge is 0.325 e. The van der Waals surface area contributed by atoms with Crippen LogP contribution in [0.5, 0.6) is 0 Å². The van der Waals surface area contributed by atoms with E-state index in [2.05, 4.69) is 5.32 Å². The Bertz CT molecular complexity index is 919. The van der Waals surface area contributed by atoms with Gasteiger partial charge in [-0.25, -0.2) is 4.79 Å². The van der Waals surface area contributed by atoms with Gasteiger partial charge in [-0.15, -0.1) is 0 Å². The lowest BCUT2D eigenvalue weighted by Crippen LogP contribution is -2.44. The molecule has 2 aliphatic heterocycles. The van der Waals surface area contributed by atoms with E-state index >= 15 is 0 Å². The summed E-state index contributed by atoms with van der Waals surface area (Å²) < 4.78 is 5.53. The number of furan rings is 1. The molecule has 1 fully saturated rings. The first kappa shape index (κ1) is 16.4. The van der Waals surface area contributed by atoms with Gasteiger partial charge in [0.15, 0.2) is 5.54 Å². The minimum Gasteiger partial charge on any atom is -0.463 e. The second-order valence-corrected chi connectivity index (χ2v) is 6.78. The molecule has 0 unspecified atom stereocenters. The molecule has 4 amide bonds. The summed E-state index contributed by atoms with van der Waals surface area (Å²) in [7, 11) is 0. The first-order chi connectivity index (χ1) is 12.4. The lowest BCUT2D eigenvalue weighted by atomic mass is 9.99. The Morgan fingerprint density at radius 1 is 1.23 bits per heavy atom. The van der Waals surface area contributed by atoms with E-state index in [1.165, 1.54) is 0 Å². The topological polar surface area (TPSA) is 82.9 Å². The van der Waals surface area contributed by atoms with Crippen molar-refractivity contribution in [1.29, 1.82) is 0 Å². The van der Waals surface area contributed by atoms with E-state index in [4.69, 9.17) is 4.42 Å². The van der Waals surface area contributed by atoms with Crippen LogP contribution >= 0.6 is 0 Å². The number of rotatable bonds is 3. The van der Waals surface area contributed by atoms with Crippen molar-refractivity contribution < 1.29 is 18.8 Å². The summed E-state index contributed by atoms with van der Waals surface area (Å²) in [4.78, 5) is 40.5. The molecule has 1 saturated heterocycles. The molecule has 0 radical (unpaired) electrons. The van der Waals surface area contributed by atoms with Gasteiger partial charge in [0, 0.05) is 12.2 Å². The van der Waals surface area contributed by atoms with E-state index in [1.807, 2.05) is 24.3 Å². The molecule has 0 spiro atoms. The molecule has 1 aromatic heterocycles. The van der Waals surface area contributed by atoms with Crippen molar-refractivity contribution in [1.82, 2.24) is 10.2 Å². The summed E-state index contributed by atoms with van der Waals surface area (Å²) in [5.41, 5.74) is 0.636. The van der Waals surface area contributed by atoms with E-state index in [0.29, 0.717) is 18.1 Å². The summed E-state index contributed by atoms with van der Waals surface area (Å²) in [5.74, 6) is 0.234. The number of urea groups is 1. The summed E-state index contributed by atoms with van der Waals surface area (Å²) in [6.07, 6.45) is 0.769. The predicted octanol–water partition coefficient (Wildman–Crippen LogP) is 1.94. The Balaban J connectivity index is 1.55. The number of carbonyl (C=O) groups excluding carboxylic acids is 3. The number of para-hydroxylation sites is 1. The molecule has 0 aliphatic carbocycles. The van der Waals surface area contributed by atoms with Crippen molar-refractivity contribution in [2.75, 3.05) is 18.0 Å². The van der Waals surface area contributed by atoms with Crippen LogP contribution in [0.3, 0.4) is 0 Å². The number of carbonyl (C=O) groups is 3. The quantitative estimate of drug-likeness (QED) is 0.855. The molecule has 7 nitrogen and oxygen atoms in total. The molecular formula is C19H19N3O4. The summed E-state index contributed by atoms with van der Waals surface area (Å²) in [6.45, 7) is 3.60. The maximum atomic E-state index is 12.9. The molecule has 1 N–H and O–H groups in total. The number of anilines is 1. The van der Waals surface area contributed by atoms with Crippen LogP contribution in [-0.4, -0.2) is 35.8 Å². The van der Waals surface area contributed by atoms with Gasteiger partial charge in [0.2, 0.25) is 5.91 Å². The summed E-state index contributed by atoms with van der Waals surface area (Å²) in [6, 6.07) is 10.5. The molecular weight excluding hydrogens is 334 g/mol. The number of hydrogen-bond acceptors (Lipinski definition) is 4. The number of benzene rings is 1. The van der Waals surface area contributed by atoms with Crippen molar-refractivity contribution >= 4 is 23.5 Å². The van der Waals surface area contributed by atoms with E-state index < -0.39 is 17.5 Å². The molecule has 3 heterocycles. The molecule has 26 heavy (non-hydrogen) atoms. The predicted molar refractivity (Wildman–Crippen MR) is 93.5 cm³/mol. The van der Waals surface area contributed by atoms with Crippen LogP contribution in [0.1, 0.15) is 24.0 Å². The average molecular weight is 353 g/mol. The number of nitrogens with zero attached hydrogens (tertiary/aromatic N) is 2. The molecule has 2 aliphatic rings. The normalized spacial score (nSPS) is 21.9. The molecule has 2 aromatic rings. The Kier molecular flexibility index (Phi) is 3.61. The van der Waals surface area contributed by atoms with Crippen LogP contribution in [0.2, 0.25) is 0 Å². The zero-order valence-corrected chi connectivity index (χ0v) is 14.6. The maximum Gasteiger partial charge on any atom is 0.325 e. The molecule has 134 valence electrons. The molecule has 1 atom stereocenters. The fraction of sp³-hybridized carbons (Fsp3) is 0.316.